The Bertz CT molecular complexity index is 265. The Morgan fingerprint density at radius 1 is 1.33 bits per heavy atom. The van der Waals surface area contributed by atoms with Crippen molar-refractivity contribution in [1.82, 2.24) is 14.9 Å². The summed E-state index contributed by atoms with van der Waals surface area (Å²) in [5.41, 5.74) is 1.13. The lowest BCUT2D eigenvalue weighted by Gasteiger charge is -2.23. The first kappa shape index (κ1) is 11.0. The standard InChI is InChI=1S/C11H19N3S/c1-12-11(10-8-15-14-13-10)9-6-4-2-3-5-7-9/h8-9,11-12H,2-7H2,1H3. The molecule has 84 valence electrons. The molecule has 0 saturated heterocycles. The molecule has 1 atom stereocenters. The van der Waals surface area contributed by atoms with Crippen LogP contribution >= 0.6 is 11.5 Å². The van der Waals surface area contributed by atoms with E-state index in [2.05, 4.69) is 20.3 Å². The van der Waals surface area contributed by atoms with Crippen molar-refractivity contribution in [2.45, 2.75) is 44.6 Å². The summed E-state index contributed by atoms with van der Waals surface area (Å²) < 4.78 is 3.96. The van der Waals surface area contributed by atoms with Gasteiger partial charge in [-0.15, -0.1) is 5.10 Å². The summed E-state index contributed by atoms with van der Waals surface area (Å²) in [5.74, 6) is 0.751. The van der Waals surface area contributed by atoms with Gasteiger partial charge in [0.1, 0.15) is 0 Å². The van der Waals surface area contributed by atoms with E-state index in [9.17, 15) is 0 Å². The predicted octanol–water partition coefficient (Wildman–Crippen LogP) is 2.77. The summed E-state index contributed by atoms with van der Waals surface area (Å²) in [6.07, 6.45) is 8.23. The van der Waals surface area contributed by atoms with Gasteiger partial charge in [0.2, 0.25) is 0 Å². The first-order chi connectivity index (χ1) is 7.42. The molecule has 1 heterocycles. The molecule has 1 fully saturated rings. The van der Waals surface area contributed by atoms with Crippen LogP contribution in [0.1, 0.15) is 50.3 Å². The third kappa shape index (κ3) is 2.75. The molecule has 1 unspecified atom stereocenters. The molecule has 1 aromatic heterocycles. The molecule has 1 aromatic rings. The average molecular weight is 225 g/mol. The van der Waals surface area contributed by atoms with Gasteiger partial charge in [0.15, 0.2) is 0 Å². The Balaban J connectivity index is 2.04. The minimum atomic E-state index is 0.418. The Morgan fingerprint density at radius 3 is 2.60 bits per heavy atom. The average Bonchev–Trinajstić information content (AvgIpc) is 2.63. The molecule has 0 aliphatic heterocycles. The van der Waals surface area contributed by atoms with Gasteiger partial charge in [0, 0.05) is 5.38 Å². The lowest BCUT2D eigenvalue weighted by Crippen LogP contribution is -2.25. The predicted molar refractivity (Wildman–Crippen MR) is 62.9 cm³/mol. The third-order valence-corrected chi connectivity index (χ3v) is 3.90. The smallest absolute Gasteiger partial charge is 0.0927 e. The van der Waals surface area contributed by atoms with E-state index >= 15 is 0 Å². The van der Waals surface area contributed by atoms with Gasteiger partial charge in [-0.05, 0) is 37.3 Å². The zero-order chi connectivity index (χ0) is 10.5. The molecular weight excluding hydrogens is 206 g/mol. The molecule has 1 aliphatic rings. The summed E-state index contributed by atoms with van der Waals surface area (Å²) in [5, 5.41) is 9.68. The van der Waals surface area contributed by atoms with Crippen LogP contribution in [0, 0.1) is 5.92 Å². The van der Waals surface area contributed by atoms with E-state index in [1.807, 2.05) is 7.05 Å². The van der Waals surface area contributed by atoms with Gasteiger partial charge in [-0.3, -0.25) is 0 Å². The van der Waals surface area contributed by atoms with Gasteiger partial charge in [0.25, 0.3) is 0 Å². The molecule has 0 spiro atoms. The van der Waals surface area contributed by atoms with E-state index in [1.165, 1.54) is 50.1 Å². The molecular formula is C11H19N3S. The van der Waals surface area contributed by atoms with Gasteiger partial charge in [-0.2, -0.15) is 0 Å². The van der Waals surface area contributed by atoms with Gasteiger partial charge >= 0.3 is 0 Å². The monoisotopic (exact) mass is 225 g/mol. The first-order valence-corrected chi connectivity index (χ1v) is 6.69. The van der Waals surface area contributed by atoms with E-state index in [-0.39, 0.29) is 0 Å². The van der Waals surface area contributed by atoms with Crippen molar-refractivity contribution < 1.29 is 0 Å². The van der Waals surface area contributed by atoms with Crippen LogP contribution in [0.3, 0.4) is 0 Å². The first-order valence-electron chi connectivity index (χ1n) is 5.86. The molecule has 1 aliphatic carbocycles. The van der Waals surface area contributed by atoms with Crippen LogP contribution in [0.4, 0.5) is 0 Å². The number of nitrogens with zero attached hydrogens (tertiary/aromatic N) is 2. The molecule has 3 nitrogen and oxygen atoms in total. The molecule has 0 aromatic carbocycles. The van der Waals surface area contributed by atoms with E-state index in [4.69, 9.17) is 0 Å². The molecule has 0 radical (unpaired) electrons. The molecule has 0 amide bonds. The van der Waals surface area contributed by atoms with Crippen molar-refractivity contribution in [3.05, 3.63) is 11.1 Å². The van der Waals surface area contributed by atoms with Crippen LogP contribution in [0.2, 0.25) is 0 Å². The number of hydrogen-bond donors (Lipinski definition) is 1. The van der Waals surface area contributed by atoms with Crippen molar-refractivity contribution in [1.29, 1.82) is 0 Å². The minimum absolute atomic E-state index is 0.418. The van der Waals surface area contributed by atoms with Crippen LogP contribution in [0.15, 0.2) is 5.38 Å². The second kappa shape index (κ2) is 5.56. The lowest BCUT2D eigenvalue weighted by molar-refractivity contribution is 0.335. The highest BCUT2D eigenvalue weighted by molar-refractivity contribution is 7.03. The summed E-state index contributed by atoms with van der Waals surface area (Å²) >= 11 is 1.45. The molecule has 1 saturated carbocycles. The number of nitrogens with one attached hydrogen (secondary N) is 1. The van der Waals surface area contributed by atoms with Crippen LogP contribution in [0.25, 0.3) is 0 Å². The number of hydrogen-bond acceptors (Lipinski definition) is 4. The van der Waals surface area contributed by atoms with Crippen LogP contribution in [0.5, 0.6) is 0 Å². The molecule has 4 heteroatoms. The number of aromatic nitrogens is 2. The van der Waals surface area contributed by atoms with Crippen LogP contribution < -0.4 is 5.32 Å². The summed E-state index contributed by atoms with van der Waals surface area (Å²) in [6.45, 7) is 0. The molecule has 15 heavy (non-hydrogen) atoms. The van der Waals surface area contributed by atoms with Crippen LogP contribution in [-0.2, 0) is 0 Å². The highest BCUT2D eigenvalue weighted by Crippen LogP contribution is 2.32. The van der Waals surface area contributed by atoms with Gasteiger partial charge < -0.3 is 5.32 Å². The zero-order valence-corrected chi connectivity index (χ0v) is 10.1. The minimum Gasteiger partial charge on any atom is -0.311 e. The maximum atomic E-state index is 4.20. The fourth-order valence-electron chi connectivity index (χ4n) is 2.58. The van der Waals surface area contributed by atoms with Crippen molar-refractivity contribution in [3.63, 3.8) is 0 Å². The van der Waals surface area contributed by atoms with Crippen LogP contribution in [-0.4, -0.2) is 16.6 Å². The number of rotatable bonds is 3. The normalized spacial score (nSPS) is 21.1. The zero-order valence-electron chi connectivity index (χ0n) is 9.28. The fourth-order valence-corrected chi connectivity index (χ4v) is 3.07. The van der Waals surface area contributed by atoms with E-state index in [1.54, 1.807) is 0 Å². The Hall–Kier alpha value is -0.480. The van der Waals surface area contributed by atoms with Crippen molar-refractivity contribution in [2.75, 3.05) is 7.05 Å². The maximum absolute atomic E-state index is 4.20. The summed E-state index contributed by atoms with van der Waals surface area (Å²) in [7, 11) is 2.04. The van der Waals surface area contributed by atoms with Crippen molar-refractivity contribution >= 4 is 11.5 Å². The Kier molecular flexibility index (Phi) is 4.09. The highest BCUT2D eigenvalue weighted by atomic mass is 32.1. The quantitative estimate of drug-likeness (QED) is 0.804. The van der Waals surface area contributed by atoms with Gasteiger partial charge in [-0.25, -0.2) is 0 Å². The van der Waals surface area contributed by atoms with Crippen molar-refractivity contribution in [2.24, 2.45) is 5.92 Å². The topological polar surface area (TPSA) is 37.8 Å². The largest absolute Gasteiger partial charge is 0.311 e. The summed E-state index contributed by atoms with van der Waals surface area (Å²) in [6, 6.07) is 0.418. The molecule has 1 N–H and O–H groups in total. The lowest BCUT2D eigenvalue weighted by atomic mass is 9.90. The second-order valence-corrected chi connectivity index (χ2v) is 4.96. The van der Waals surface area contributed by atoms with E-state index in [0.717, 1.165) is 11.6 Å². The SMILES string of the molecule is CNC(c1csnn1)C1CCCCCC1. The Labute approximate surface area is 95.4 Å². The second-order valence-electron chi connectivity index (χ2n) is 4.35. The molecule has 0 bridgehead atoms. The van der Waals surface area contributed by atoms with Gasteiger partial charge in [0.05, 0.1) is 11.7 Å². The summed E-state index contributed by atoms with van der Waals surface area (Å²) in [4.78, 5) is 0. The Morgan fingerprint density at radius 2 is 2.07 bits per heavy atom. The van der Waals surface area contributed by atoms with E-state index < -0.39 is 0 Å². The van der Waals surface area contributed by atoms with Crippen molar-refractivity contribution in [3.8, 4) is 0 Å². The third-order valence-electron chi connectivity index (χ3n) is 3.38. The molecule has 2 rings (SSSR count). The fraction of sp³-hybridized carbons (Fsp3) is 0.818. The van der Waals surface area contributed by atoms with Gasteiger partial charge in [-0.1, -0.05) is 30.2 Å². The maximum Gasteiger partial charge on any atom is 0.0927 e. The van der Waals surface area contributed by atoms with E-state index in [0.29, 0.717) is 6.04 Å². The highest BCUT2D eigenvalue weighted by Gasteiger charge is 2.24.